The van der Waals surface area contributed by atoms with Gasteiger partial charge in [-0.15, -0.1) is 11.3 Å². The molecule has 21 heavy (non-hydrogen) atoms. The molecule has 0 fully saturated rings. The number of hydrogen-bond donors (Lipinski definition) is 1. The minimum atomic E-state index is 0.232. The molecule has 108 valence electrons. The van der Waals surface area contributed by atoms with E-state index in [1.54, 1.807) is 11.3 Å². The van der Waals surface area contributed by atoms with Gasteiger partial charge < -0.3 is 5.32 Å². The lowest BCUT2D eigenvalue weighted by atomic mass is 10.0. The summed E-state index contributed by atoms with van der Waals surface area (Å²) in [6, 6.07) is 12.9. The Balaban J connectivity index is 2.01. The molecule has 3 rings (SSSR count). The molecule has 0 aliphatic carbocycles. The first-order valence-electron chi connectivity index (χ1n) is 7.08. The molecule has 1 atom stereocenters. The van der Waals surface area contributed by atoms with Crippen molar-refractivity contribution >= 4 is 38.0 Å². The van der Waals surface area contributed by atoms with E-state index in [1.807, 2.05) is 6.20 Å². The summed E-state index contributed by atoms with van der Waals surface area (Å²) in [4.78, 5) is 6.02. The van der Waals surface area contributed by atoms with Gasteiger partial charge >= 0.3 is 0 Å². The Morgan fingerprint density at radius 1 is 1.24 bits per heavy atom. The maximum absolute atomic E-state index is 4.66. The van der Waals surface area contributed by atoms with E-state index in [0.717, 1.165) is 18.7 Å². The molecular formula is C17H17BrN2S. The van der Waals surface area contributed by atoms with E-state index in [-0.39, 0.29) is 6.04 Å². The lowest BCUT2D eigenvalue weighted by molar-refractivity contribution is 0.543. The quantitative estimate of drug-likeness (QED) is 0.695. The number of benzene rings is 1. The first-order valence-corrected chi connectivity index (χ1v) is 8.75. The van der Waals surface area contributed by atoms with Crippen molar-refractivity contribution in [2.75, 3.05) is 6.54 Å². The van der Waals surface area contributed by atoms with E-state index in [1.165, 1.54) is 20.1 Å². The third kappa shape index (κ3) is 3.18. The second-order valence-electron chi connectivity index (χ2n) is 4.92. The van der Waals surface area contributed by atoms with Crippen LogP contribution in [0.2, 0.25) is 0 Å². The second kappa shape index (κ2) is 6.69. The molecular weight excluding hydrogens is 344 g/mol. The summed E-state index contributed by atoms with van der Waals surface area (Å²) >= 11 is 5.42. The molecule has 0 saturated heterocycles. The molecule has 1 unspecified atom stereocenters. The first kappa shape index (κ1) is 14.7. The summed E-state index contributed by atoms with van der Waals surface area (Å²) in [5, 5.41) is 8.18. The monoisotopic (exact) mass is 360 g/mol. The van der Waals surface area contributed by atoms with Crippen LogP contribution in [0.3, 0.4) is 0 Å². The van der Waals surface area contributed by atoms with Gasteiger partial charge in [-0.25, -0.2) is 0 Å². The Labute approximate surface area is 137 Å². The van der Waals surface area contributed by atoms with Crippen LogP contribution in [-0.2, 0) is 6.42 Å². The van der Waals surface area contributed by atoms with Crippen LogP contribution in [0.4, 0.5) is 0 Å². The third-order valence-electron chi connectivity index (χ3n) is 3.57. The van der Waals surface area contributed by atoms with E-state index >= 15 is 0 Å². The van der Waals surface area contributed by atoms with Crippen molar-refractivity contribution in [3.05, 3.63) is 63.0 Å². The molecule has 0 radical (unpaired) electrons. The molecule has 2 nitrogen and oxygen atoms in total. The van der Waals surface area contributed by atoms with Gasteiger partial charge in [-0.2, -0.15) is 0 Å². The molecule has 1 N–H and O–H groups in total. The van der Waals surface area contributed by atoms with E-state index in [9.17, 15) is 0 Å². The maximum Gasteiger partial charge on any atom is 0.0655 e. The molecule has 0 bridgehead atoms. The van der Waals surface area contributed by atoms with Crippen LogP contribution < -0.4 is 5.32 Å². The molecule has 4 heteroatoms. The minimum absolute atomic E-state index is 0.232. The number of nitrogens with zero attached hydrogens (tertiary/aromatic N) is 1. The van der Waals surface area contributed by atoms with Crippen molar-refractivity contribution < 1.29 is 0 Å². The highest BCUT2D eigenvalue weighted by molar-refractivity contribution is 9.10. The molecule has 1 aromatic carbocycles. The van der Waals surface area contributed by atoms with Crippen molar-refractivity contribution in [1.29, 1.82) is 0 Å². The van der Waals surface area contributed by atoms with Gasteiger partial charge in [0.05, 0.1) is 11.7 Å². The van der Waals surface area contributed by atoms with Gasteiger partial charge in [0, 0.05) is 27.4 Å². The number of thiophene rings is 1. The van der Waals surface area contributed by atoms with Crippen molar-refractivity contribution in [1.82, 2.24) is 10.3 Å². The highest BCUT2D eigenvalue weighted by Crippen LogP contribution is 2.30. The van der Waals surface area contributed by atoms with Crippen LogP contribution >= 0.6 is 27.3 Å². The Morgan fingerprint density at radius 2 is 2.10 bits per heavy atom. The van der Waals surface area contributed by atoms with Crippen molar-refractivity contribution in [3.8, 4) is 0 Å². The summed E-state index contributed by atoms with van der Waals surface area (Å²) in [6.45, 7) is 3.07. The topological polar surface area (TPSA) is 24.9 Å². The number of likely N-dealkylation sites (N-methyl/N-ethyl adjacent to an activating group) is 1. The smallest absolute Gasteiger partial charge is 0.0655 e. The van der Waals surface area contributed by atoms with Gasteiger partial charge in [-0.05, 0) is 45.4 Å². The minimum Gasteiger partial charge on any atom is -0.309 e. The summed E-state index contributed by atoms with van der Waals surface area (Å²) < 4.78 is 1.19. The predicted octanol–water partition coefficient (Wildman–Crippen LogP) is 4.95. The highest BCUT2D eigenvalue weighted by Gasteiger charge is 2.17. The van der Waals surface area contributed by atoms with E-state index < -0.39 is 0 Å². The molecule has 0 aliphatic heterocycles. The molecule has 2 aromatic heterocycles. The molecule has 2 heterocycles. The molecule has 3 aromatic rings. The molecule has 0 amide bonds. The average Bonchev–Trinajstić information content (AvgIpc) is 2.91. The van der Waals surface area contributed by atoms with E-state index in [2.05, 4.69) is 74.9 Å². The van der Waals surface area contributed by atoms with Crippen LogP contribution in [-0.4, -0.2) is 11.5 Å². The molecule has 0 spiro atoms. The molecule has 0 aliphatic rings. The second-order valence-corrected chi connectivity index (χ2v) is 6.78. The van der Waals surface area contributed by atoms with Gasteiger partial charge in [0.25, 0.3) is 0 Å². The highest BCUT2D eigenvalue weighted by atomic mass is 79.9. The Bertz CT molecular complexity index is 733. The first-order chi connectivity index (χ1) is 10.3. The zero-order valence-corrected chi connectivity index (χ0v) is 14.2. The summed E-state index contributed by atoms with van der Waals surface area (Å²) in [5.41, 5.74) is 1.13. The fraction of sp³-hybridized carbons (Fsp3) is 0.235. The number of rotatable bonds is 5. The third-order valence-corrected chi connectivity index (χ3v) is 5.51. The lowest BCUT2D eigenvalue weighted by Gasteiger charge is -2.19. The predicted molar refractivity (Wildman–Crippen MR) is 93.9 cm³/mol. The number of fused-ring (bicyclic) bond motifs is 1. The van der Waals surface area contributed by atoms with Crippen LogP contribution in [0, 0.1) is 0 Å². The number of hydrogen-bond acceptors (Lipinski definition) is 3. The van der Waals surface area contributed by atoms with E-state index in [0.29, 0.717) is 0 Å². The maximum atomic E-state index is 4.66. The standard InChI is InChI=1S/C17H17BrN2S/c1-2-19-15(11-16-14(18)8-10-21-16)17-13-6-4-3-5-12(13)7-9-20-17/h3-10,15,19H,2,11H2,1H3. The summed E-state index contributed by atoms with van der Waals surface area (Å²) in [6.07, 6.45) is 2.86. The van der Waals surface area contributed by atoms with Crippen molar-refractivity contribution in [2.24, 2.45) is 0 Å². The SMILES string of the molecule is CCNC(Cc1sccc1Br)c1nccc2ccccc12. The average molecular weight is 361 g/mol. The number of halogens is 1. The van der Waals surface area contributed by atoms with Crippen LogP contribution in [0.1, 0.15) is 23.5 Å². The van der Waals surface area contributed by atoms with Crippen LogP contribution in [0.25, 0.3) is 10.8 Å². The van der Waals surface area contributed by atoms with Gasteiger partial charge in [0.15, 0.2) is 0 Å². The Hall–Kier alpha value is -1.23. The van der Waals surface area contributed by atoms with Crippen LogP contribution in [0.5, 0.6) is 0 Å². The largest absolute Gasteiger partial charge is 0.309 e. The summed E-state index contributed by atoms with van der Waals surface area (Å²) in [7, 11) is 0. The normalized spacial score (nSPS) is 12.7. The van der Waals surface area contributed by atoms with Gasteiger partial charge in [0.2, 0.25) is 0 Å². The fourth-order valence-electron chi connectivity index (χ4n) is 2.59. The van der Waals surface area contributed by atoms with Gasteiger partial charge in [0.1, 0.15) is 0 Å². The Kier molecular flexibility index (Phi) is 4.68. The van der Waals surface area contributed by atoms with Crippen LogP contribution in [0.15, 0.2) is 52.4 Å². The van der Waals surface area contributed by atoms with E-state index in [4.69, 9.17) is 0 Å². The van der Waals surface area contributed by atoms with Gasteiger partial charge in [-0.3, -0.25) is 4.98 Å². The van der Waals surface area contributed by atoms with Crippen molar-refractivity contribution in [3.63, 3.8) is 0 Å². The number of nitrogens with one attached hydrogen (secondary N) is 1. The lowest BCUT2D eigenvalue weighted by Crippen LogP contribution is -2.24. The molecule has 0 saturated carbocycles. The number of aromatic nitrogens is 1. The fourth-order valence-corrected chi connectivity index (χ4v) is 4.15. The van der Waals surface area contributed by atoms with Crippen molar-refractivity contribution in [2.45, 2.75) is 19.4 Å². The zero-order chi connectivity index (χ0) is 14.7. The van der Waals surface area contributed by atoms with Gasteiger partial charge in [-0.1, -0.05) is 31.2 Å². The number of pyridine rings is 1. The zero-order valence-electron chi connectivity index (χ0n) is 11.8. The summed E-state index contributed by atoms with van der Waals surface area (Å²) in [5.74, 6) is 0. The Morgan fingerprint density at radius 3 is 2.86 bits per heavy atom.